The number of nitrogens with two attached hydrogens (primary N) is 1. The van der Waals surface area contributed by atoms with Crippen molar-refractivity contribution >= 4 is 22.6 Å². The van der Waals surface area contributed by atoms with Gasteiger partial charge in [-0.3, -0.25) is 0 Å². The molecule has 1 heterocycles. The largest absolute Gasteiger partial charge is 0.486 e. The number of halogens is 1. The fourth-order valence-electron chi connectivity index (χ4n) is 1.32. The van der Waals surface area contributed by atoms with Crippen LogP contribution in [-0.4, -0.2) is 0 Å². The highest BCUT2D eigenvalue weighted by atomic mass is 127. The van der Waals surface area contributed by atoms with E-state index in [1.807, 2.05) is 36.4 Å². The molecule has 1 aromatic heterocycles. The van der Waals surface area contributed by atoms with Gasteiger partial charge in [-0.05, 0) is 52.9 Å². The summed E-state index contributed by atoms with van der Waals surface area (Å²) >= 11 is 2.25. The zero-order valence-electron chi connectivity index (χ0n) is 8.65. The molecule has 0 unspecified atom stereocenters. The van der Waals surface area contributed by atoms with E-state index < -0.39 is 0 Å². The first kappa shape index (κ1) is 11.5. The lowest BCUT2D eigenvalue weighted by molar-refractivity contribution is 0.266. The third-order valence-electron chi connectivity index (χ3n) is 2.10. The second-order valence-electron chi connectivity index (χ2n) is 3.32. The molecule has 0 fully saturated rings. The van der Waals surface area contributed by atoms with Crippen LogP contribution in [0.1, 0.15) is 11.5 Å². The van der Waals surface area contributed by atoms with E-state index in [1.165, 1.54) is 0 Å². The van der Waals surface area contributed by atoms with Gasteiger partial charge in [0.1, 0.15) is 23.9 Å². The highest BCUT2D eigenvalue weighted by Crippen LogP contribution is 2.17. The molecular weight excluding hydrogens is 317 g/mol. The van der Waals surface area contributed by atoms with Crippen LogP contribution in [0, 0.1) is 3.57 Å². The first-order valence-corrected chi connectivity index (χ1v) is 6.02. The van der Waals surface area contributed by atoms with Crippen LogP contribution in [0.25, 0.3) is 0 Å². The van der Waals surface area contributed by atoms with Crippen LogP contribution in [0.3, 0.4) is 0 Å². The van der Waals surface area contributed by atoms with Crippen molar-refractivity contribution in [1.82, 2.24) is 0 Å². The Balaban J connectivity index is 1.96. The van der Waals surface area contributed by atoms with E-state index in [1.54, 1.807) is 0 Å². The topological polar surface area (TPSA) is 48.4 Å². The molecule has 0 spiro atoms. The minimum atomic E-state index is 0.420. The monoisotopic (exact) mass is 329 g/mol. The maximum absolute atomic E-state index is 5.59. The molecule has 16 heavy (non-hydrogen) atoms. The van der Waals surface area contributed by atoms with E-state index in [9.17, 15) is 0 Å². The van der Waals surface area contributed by atoms with E-state index in [0.717, 1.165) is 20.8 Å². The van der Waals surface area contributed by atoms with Gasteiger partial charge in [0, 0.05) is 3.57 Å². The summed E-state index contributed by atoms with van der Waals surface area (Å²) in [4.78, 5) is 0. The van der Waals surface area contributed by atoms with Gasteiger partial charge in [-0.1, -0.05) is 6.07 Å². The van der Waals surface area contributed by atoms with Crippen LogP contribution in [0.4, 0.5) is 0 Å². The summed E-state index contributed by atoms with van der Waals surface area (Å²) in [5.74, 6) is 2.41. The van der Waals surface area contributed by atoms with E-state index >= 15 is 0 Å². The van der Waals surface area contributed by atoms with Crippen molar-refractivity contribution in [3.05, 3.63) is 51.5 Å². The maximum Gasteiger partial charge on any atom is 0.146 e. The molecule has 0 saturated heterocycles. The van der Waals surface area contributed by atoms with Gasteiger partial charge < -0.3 is 14.9 Å². The van der Waals surface area contributed by atoms with E-state index in [2.05, 4.69) is 22.6 Å². The molecule has 1 aromatic carbocycles. The van der Waals surface area contributed by atoms with Gasteiger partial charge in [0.05, 0.1) is 6.54 Å². The van der Waals surface area contributed by atoms with Crippen molar-refractivity contribution in [2.24, 2.45) is 5.73 Å². The second kappa shape index (κ2) is 5.36. The first-order chi connectivity index (χ1) is 7.78. The van der Waals surface area contributed by atoms with Crippen LogP contribution in [0.15, 0.2) is 40.8 Å². The summed E-state index contributed by atoms with van der Waals surface area (Å²) in [7, 11) is 0. The molecule has 2 rings (SSSR count). The number of rotatable bonds is 4. The van der Waals surface area contributed by atoms with Crippen LogP contribution in [0.5, 0.6) is 5.75 Å². The number of ether oxygens (including phenoxy) is 1. The Hall–Kier alpha value is -1.01. The lowest BCUT2D eigenvalue weighted by Crippen LogP contribution is -1.95. The molecule has 0 aliphatic rings. The summed E-state index contributed by atoms with van der Waals surface area (Å²) in [6, 6.07) is 11.6. The van der Waals surface area contributed by atoms with E-state index in [-0.39, 0.29) is 0 Å². The summed E-state index contributed by atoms with van der Waals surface area (Å²) in [6.45, 7) is 0.851. The van der Waals surface area contributed by atoms with Crippen molar-refractivity contribution in [3.63, 3.8) is 0 Å². The molecule has 3 nitrogen and oxygen atoms in total. The molecule has 84 valence electrons. The highest BCUT2D eigenvalue weighted by molar-refractivity contribution is 14.1. The fraction of sp³-hybridized carbons (Fsp3) is 0.167. The van der Waals surface area contributed by atoms with E-state index in [4.69, 9.17) is 14.9 Å². The van der Waals surface area contributed by atoms with Crippen molar-refractivity contribution in [2.45, 2.75) is 13.2 Å². The molecule has 4 heteroatoms. The minimum Gasteiger partial charge on any atom is -0.486 e. The van der Waals surface area contributed by atoms with Crippen LogP contribution >= 0.6 is 22.6 Å². The fourth-order valence-corrected chi connectivity index (χ4v) is 1.84. The third-order valence-corrected chi connectivity index (χ3v) is 2.77. The van der Waals surface area contributed by atoms with Crippen LogP contribution in [0.2, 0.25) is 0 Å². The van der Waals surface area contributed by atoms with Gasteiger partial charge >= 0.3 is 0 Å². The normalized spacial score (nSPS) is 10.4. The summed E-state index contributed by atoms with van der Waals surface area (Å²) in [6.07, 6.45) is 0. The lowest BCUT2D eigenvalue weighted by atomic mass is 10.3. The molecule has 2 aromatic rings. The molecule has 0 amide bonds. The molecule has 2 N–H and O–H groups in total. The summed E-state index contributed by atoms with van der Waals surface area (Å²) in [5.41, 5.74) is 5.45. The molecular formula is C12H12INO2. The average molecular weight is 329 g/mol. The maximum atomic E-state index is 5.59. The molecule has 0 radical (unpaired) electrons. The summed E-state index contributed by atoms with van der Waals surface area (Å²) in [5, 5.41) is 0. The molecule has 0 aliphatic carbocycles. The molecule has 0 aliphatic heterocycles. The SMILES string of the molecule is NCc1ccc(COc2cccc(I)c2)o1. The van der Waals surface area contributed by atoms with Crippen molar-refractivity contribution < 1.29 is 9.15 Å². The number of furan rings is 1. The Morgan fingerprint density at radius 2 is 2.00 bits per heavy atom. The van der Waals surface area contributed by atoms with Crippen LogP contribution < -0.4 is 10.5 Å². The Morgan fingerprint density at radius 3 is 2.69 bits per heavy atom. The average Bonchev–Trinajstić information content (AvgIpc) is 2.74. The predicted molar refractivity (Wildman–Crippen MR) is 70.1 cm³/mol. The Kier molecular flexibility index (Phi) is 3.84. The van der Waals surface area contributed by atoms with Gasteiger partial charge in [0.25, 0.3) is 0 Å². The van der Waals surface area contributed by atoms with Gasteiger partial charge in [0.2, 0.25) is 0 Å². The molecule has 0 saturated carbocycles. The molecule has 0 atom stereocenters. The zero-order chi connectivity index (χ0) is 11.4. The standard InChI is InChI=1S/C12H12INO2/c13-9-2-1-3-10(6-9)15-8-12-5-4-11(7-14)16-12/h1-6H,7-8,14H2. The van der Waals surface area contributed by atoms with Gasteiger partial charge in [-0.15, -0.1) is 0 Å². The lowest BCUT2D eigenvalue weighted by Gasteiger charge is -2.04. The Morgan fingerprint density at radius 1 is 1.19 bits per heavy atom. The number of hydrogen-bond acceptors (Lipinski definition) is 3. The Bertz CT molecular complexity index is 468. The van der Waals surface area contributed by atoms with E-state index in [0.29, 0.717) is 13.2 Å². The predicted octanol–water partition coefficient (Wildman–Crippen LogP) is 2.92. The minimum absolute atomic E-state index is 0.420. The highest BCUT2D eigenvalue weighted by Gasteiger charge is 2.01. The molecule has 0 bridgehead atoms. The van der Waals surface area contributed by atoms with Gasteiger partial charge in [0.15, 0.2) is 0 Å². The van der Waals surface area contributed by atoms with Crippen molar-refractivity contribution in [1.29, 1.82) is 0 Å². The summed E-state index contributed by atoms with van der Waals surface area (Å²) < 4.78 is 12.2. The quantitative estimate of drug-likeness (QED) is 0.878. The van der Waals surface area contributed by atoms with Crippen molar-refractivity contribution in [3.8, 4) is 5.75 Å². The smallest absolute Gasteiger partial charge is 0.146 e. The zero-order valence-corrected chi connectivity index (χ0v) is 10.8. The first-order valence-electron chi connectivity index (χ1n) is 4.94. The number of hydrogen-bond donors (Lipinski definition) is 1. The van der Waals surface area contributed by atoms with Gasteiger partial charge in [-0.2, -0.15) is 0 Å². The van der Waals surface area contributed by atoms with Gasteiger partial charge in [-0.25, -0.2) is 0 Å². The second-order valence-corrected chi connectivity index (χ2v) is 4.56. The van der Waals surface area contributed by atoms with Crippen molar-refractivity contribution in [2.75, 3.05) is 0 Å². The third kappa shape index (κ3) is 2.99. The van der Waals surface area contributed by atoms with Crippen LogP contribution in [-0.2, 0) is 13.2 Å². The Labute approximate surface area is 108 Å². The number of benzene rings is 1.